The molecule has 9 heteroatoms. The van der Waals surface area contributed by atoms with Gasteiger partial charge in [0.1, 0.15) is 18.0 Å². The summed E-state index contributed by atoms with van der Waals surface area (Å²) >= 11 is 0. The summed E-state index contributed by atoms with van der Waals surface area (Å²) in [5, 5.41) is 6.53. The van der Waals surface area contributed by atoms with Crippen LogP contribution in [-0.4, -0.2) is 27.0 Å². The van der Waals surface area contributed by atoms with Crippen LogP contribution < -0.4 is 10.9 Å². The van der Waals surface area contributed by atoms with E-state index in [1.807, 2.05) is 30.3 Å². The third kappa shape index (κ3) is 3.83. The Labute approximate surface area is 171 Å². The Morgan fingerprint density at radius 2 is 1.97 bits per heavy atom. The number of aromatic nitrogens is 3. The SMILES string of the molecule is Cc1c(NC(=O)COCc2cc(-c3ccco3)on2)c(=O)n(-c2ccccc2)n1C. The molecule has 0 aliphatic carbocycles. The van der Waals surface area contributed by atoms with Crippen LogP contribution in [0.4, 0.5) is 5.69 Å². The summed E-state index contributed by atoms with van der Waals surface area (Å²) in [6, 6.07) is 14.4. The zero-order chi connectivity index (χ0) is 21.1. The fraction of sp³-hybridized carbons (Fsp3) is 0.190. The predicted octanol–water partition coefficient (Wildman–Crippen LogP) is 2.89. The summed E-state index contributed by atoms with van der Waals surface area (Å²) in [4.78, 5) is 25.1. The first-order valence-electron chi connectivity index (χ1n) is 9.25. The highest BCUT2D eigenvalue weighted by Crippen LogP contribution is 2.20. The minimum absolute atomic E-state index is 0.0830. The molecule has 0 radical (unpaired) electrons. The van der Waals surface area contributed by atoms with Crippen LogP contribution in [0.15, 0.2) is 68.5 Å². The molecule has 0 bridgehead atoms. The normalized spacial score (nSPS) is 11.0. The van der Waals surface area contributed by atoms with Crippen molar-refractivity contribution in [2.24, 2.45) is 7.05 Å². The molecule has 9 nitrogen and oxygen atoms in total. The van der Waals surface area contributed by atoms with Crippen LogP contribution in [0.25, 0.3) is 17.2 Å². The van der Waals surface area contributed by atoms with Gasteiger partial charge in [0.25, 0.3) is 11.5 Å². The smallest absolute Gasteiger partial charge is 0.295 e. The predicted molar refractivity (Wildman–Crippen MR) is 108 cm³/mol. The molecule has 154 valence electrons. The van der Waals surface area contributed by atoms with Crippen LogP contribution in [0.3, 0.4) is 0 Å². The number of carbonyl (C=O) groups is 1. The van der Waals surface area contributed by atoms with Crippen LogP contribution in [0.1, 0.15) is 11.4 Å². The number of rotatable bonds is 7. The lowest BCUT2D eigenvalue weighted by atomic mass is 10.3. The second-order valence-corrected chi connectivity index (χ2v) is 6.64. The molecule has 1 N–H and O–H groups in total. The van der Waals surface area contributed by atoms with Crippen molar-refractivity contribution in [3.8, 4) is 17.2 Å². The monoisotopic (exact) mass is 408 g/mol. The van der Waals surface area contributed by atoms with Crippen molar-refractivity contribution in [1.29, 1.82) is 0 Å². The maximum Gasteiger partial charge on any atom is 0.295 e. The van der Waals surface area contributed by atoms with E-state index < -0.39 is 5.91 Å². The molecule has 1 amide bonds. The van der Waals surface area contributed by atoms with E-state index in [9.17, 15) is 9.59 Å². The van der Waals surface area contributed by atoms with Gasteiger partial charge in [-0.2, -0.15) is 0 Å². The van der Waals surface area contributed by atoms with Gasteiger partial charge in [-0.3, -0.25) is 14.3 Å². The van der Waals surface area contributed by atoms with Gasteiger partial charge in [0.05, 0.1) is 24.3 Å². The summed E-state index contributed by atoms with van der Waals surface area (Å²) < 4.78 is 19.0. The Bertz CT molecular complexity index is 1200. The first kappa shape index (κ1) is 19.5. The number of hydrogen-bond acceptors (Lipinski definition) is 6. The van der Waals surface area contributed by atoms with E-state index >= 15 is 0 Å². The molecule has 0 saturated carbocycles. The number of ether oxygens (including phenoxy) is 1. The molecular formula is C21H20N4O5. The molecule has 0 spiro atoms. The molecule has 30 heavy (non-hydrogen) atoms. The average Bonchev–Trinajstić information content (AvgIpc) is 3.47. The lowest BCUT2D eigenvalue weighted by Gasteiger charge is -2.07. The van der Waals surface area contributed by atoms with Gasteiger partial charge in [0, 0.05) is 13.1 Å². The van der Waals surface area contributed by atoms with Crippen molar-refractivity contribution >= 4 is 11.6 Å². The second kappa shape index (κ2) is 8.26. The van der Waals surface area contributed by atoms with Gasteiger partial charge in [0.15, 0.2) is 5.76 Å². The van der Waals surface area contributed by atoms with Crippen LogP contribution in [0, 0.1) is 6.92 Å². The Kier molecular flexibility index (Phi) is 5.36. The molecule has 3 aromatic heterocycles. The number of furan rings is 1. The standard InChI is InChI=1S/C21H20N4O5/c1-14-20(21(27)25(24(14)2)16-7-4-3-5-8-16)22-19(26)13-28-12-15-11-18(30-23-15)17-9-6-10-29-17/h3-11H,12-13H2,1-2H3,(H,22,26). The van der Waals surface area contributed by atoms with Crippen molar-refractivity contribution in [3.63, 3.8) is 0 Å². The fourth-order valence-corrected chi connectivity index (χ4v) is 3.05. The number of nitrogens with zero attached hydrogens (tertiary/aromatic N) is 3. The second-order valence-electron chi connectivity index (χ2n) is 6.64. The van der Waals surface area contributed by atoms with E-state index in [-0.39, 0.29) is 24.5 Å². The largest absolute Gasteiger partial charge is 0.461 e. The lowest BCUT2D eigenvalue weighted by molar-refractivity contribution is -0.121. The van der Waals surface area contributed by atoms with E-state index in [0.29, 0.717) is 28.6 Å². The number of nitrogens with one attached hydrogen (secondary N) is 1. The van der Waals surface area contributed by atoms with Gasteiger partial charge < -0.3 is 19.0 Å². The Hall–Kier alpha value is -3.85. The molecule has 0 atom stereocenters. The molecule has 0 aliphatic rings. The number of benzene rings is 1. The number of carbonyl (C=O) groups excluding carboxylic acids is 1. The topological polar surface area (TPSA) is 104 Å². The number of hydrogen-bond donors (Lipinski definition) is 1. The van der Waals surface area contributed by atoms with E-state index in [1.165, 1.54) is 10.9 Å². The molecule has 4 rings (SSSR count). The summed E-state index contributed by atoms with van der Waals surface area (Å²) in [5.41, 5.74) is 1.78. The average molecular weight is 408 g/mol. The first-order chi connectivity index (χ1) is 14.5. The Morgan fingerprint density at radius 1 is 1.17 bits per heavy atom. The van der Waals surface area contributed by atoms with Gasteiger partial charge in [-0.25, -0.2) is 4.68 Å². The molecule has 1 aromatic carbocycles. The lowest BCUT2D eigenvalue weighted by Crippen LogP contribution is -2.24. The van der Waals surface area contributed by atoms with Crippen molar-refractivity contribution < 1.29 is 18.5 Å². The zero-order valence-electron chi connectivity index (χ0n) is 16.5. The van der Waals surface area contributed by atoms with E-state index in [0.717, 1.165) is 0 Å². The van der Waals surface area contributed by atoms with Gasteiger partial charge in [-0.15, -0.1) is 0 Å². The van der Waals surface area contributed by atoms with Crippen LogP contribution >= 0.6 is 0 Å². The number of anilines is 1. The Morgan fingerprint density at radius 3 is 2.70 bits per heavy atom. The summed E-state index contributed by atoms with van der Waals surface area (Å²) in [6.45, 7) is 1.62. The number of para-hydroxylation sites is 1. The van der Waals surface area contributed by atoms with Crippen molar-refractivity contribution in [2.75, 3.05) is 11.9 Å². The van der Waals surface area contributed by atoms with Crippen LogP contribution in [0.2, 0.25) is 0 Å². The molecule has 0 aliphatic heterocycles. The van der Waals surface area contributed by atoms with Crippen molar-refractivity contribution in [1.82, 2.24) is 14.5 Å². The first-order valence-corrected chi connectivity index (χ1v) is 9.25. The van der Waals surface area contributed by atoms with Gasteiger partial charge in [0.2, 0.25) is 5.76 Å². The minimum Gasteiger partial charge on any atom is -0.461 e. The third-order valence-electron chi connectivity index (χ3n) is 4.62. The number of amides is 1. The van der Waals surface area contributed by atoms with Crippen LogP contribution in [-0.2, 0) is 23.2 Å². The quantitative estimate of drug-likeness (QED) is 0.504. The highest BCUT2D eigenvalue weighted by molar-refractivity contribution is 5.92. The summed E-state index contributed by atoms with van der Waals surface area (Å²) in [7, 11) is 1.76. The molecule has 0 fully saturated rings. The zero-order valence-corrected chi connectivity index (χ0v) is 16.5. The van der Waals surface area contributed by atoms with Crippen molar-refractivity contribution in [3.05, 3.63) is 76.5 Å². The summed E-state index contributed by atoms with van der Waals surface area (Å²) in [5.74, 6) is 0.598. The highest BCUT2D eigenvalue weighted by Gasteiger charge is 2.18. The Balaban J connectivity index is 1.38. The van der Waals surface area contributed by atoms with Gasteiger partial charge >= 0.3 is 0 Å². The molecule has 0 saturated heterocycles. The molecule has 0 unspecified atom stereocenters. The van der Waals surface area contributed by atoms with E-state index in [2.05, 4.69) is 10.5 Å². The highest BCUT2D eigenvalue weighted by atomic mass is 16.5. The molecular weight excluding hydrogens is 388 g/mol. The summed E-state index contributed by atoms with van der Waals surface area (Å²) in [6.07, 6.45) is 1.54. The minimum atomic E-state index is -0.434. The maximum absolute atomic E-state index is 12.8. The molecule has 3 heterocycles. The van der Waals surface area contributed by atoms with Gasteiger partial charge in [-0.1, -0.05) is 23.4 Å². The van der Waals surface area contributed by atoms with Crippen LogP contribution in [0.5, 0.6) is 0 Å². The third-order valence-corrected chi connectivity index (χ3v) is 4.62. The maximum atomic E-state index is 12.8. The van der Waals surface area contributed by atoms with Gasteiger partial charge in [-0.05, 0) is 31.2 Å². The molecule has 4 aromatic rings. The van der Waals surface area contributed by atoms with E-state index in [1.54, 1.807) is 36.9 Å². The fourth-order valence-electron chi connectivity index (χ4n) is 3.05. The van der Waals surface area contributed by atoms with Crippen molar-refractivity contribution in [2.45, 2.75) is 13.5 Å². The van der Waals surface area contributed by atoms with E-state index in [4.69, 9.17) is 13.7 Å².